The summed E-state index contributed by atoms with van der Waals surface area (Å²) < 4.78 is 60.1. The van der Waals surface area contributed by atoms with Crippen LogP contribution in [0.1, 0.15) is 44.7 Å². The minimum Gasteiger partial charge on any atom is -0.461 e. The van der Waals surface area contributed by atoms with E-state index in [0.717, 1.165) is 59.7 Å². The monoisotopic (exact) mass is 720 g/mol. The molecule has 13 heteroatoms. The molecule has 9 nitrogen and oxygen atoms in total. The number of pyridine rings is 1. The van der Waals surface area contributed by atoms with Gasteiger partial charge in [-0.25, -0.2) is 4.79 Å². The number of carbonyl (C=O) groups excluding carboxylic acids is 1. The Labute approximate surface area is 298 Å². The summed E-state index contributed by atoms with van der Waals surface area (Å²) in [6.45, 7) is 8.08. The molecule has 0 radical (unpaired) electrons. The van der Waals surface area contributed by atoms with Crippen molar-refractivity contribution in [1.82, 2.24) is 14.5 Å². The topological polar surface area (TPSA) is 110 Å². The second kappa shape index (κ2) is 15.9. The summed E-state index contributed by atoms with van der Waals surface area (Å²) in [5.41, 5.74) is 0.745. The number of esters is 1. The van der Waals surface area contributed by atoms with Crippen LogP contribution in [0.3, 0.4) is 0 Å². The van der Waals surface area contributed by atoms with Crippen molar-refractivity contribution in [3.63, 3.8) is 0 Å². The summed E-state index contributed by atoms with van der Waals surface area (Å²) in [6, 6.07) is 21.2. The van der Waals surface area contributed by atoms with Gasteiger partial charge in [0.25, 0.3) is 5.56 Å². The molecule has 0 bridgehead atoms. The zero-order valence-corrected chi connectivity index (χ0v) is 28.8. The standard InChI is InChI=1S/C38H35F3N4O5.ClH/c1-24-4-5-27(25(2)18-24)23-45-35(21-32(38(39,40)41)31(22-42)36(45)46)26-6-8-29(9-7-26)50-30-10-11-33-28(19-30)20-34(43-33)37(47)49-15-3-12-44-13-16-48-17-14-44;/h4-11,18-21,43H,3,12-17,23H2,1-2H3;1H. The van der Waals surface area contributed by atoms with Gasteiger partial charge in [-0.1, -0.05) is 23.8 Å². The second-order valence-corrected chi connectivity index (χ2v) is 12.3. The van der Waals surface area contributed by atoms with Crippen LogP contribution in [-0.2, 0) is 22.2 Å². The molecule has 1 aliphatic rings. The van der Waals surface area contributed by atoms with Crippen LogP contribution >= 0.6 is 12.4 Å². The van der Waals surface area contributed by atoms with E-state index in [2.05, 4.69) is 9.88 Å². The van der Waals surface area contributed by atoms with Gasteiger partial charge in [0, 0.05) is 30.5 Å². The van der Waals surface area contributed by atoms with E-state index >= 15 is 0 Å². The van der Waals surface area contributed by atoms with Crippen LogP contribution in [0.15, 0.2) is 77.6 Å². The number of benzene rings is 3. The fourth-order valence-corrected chi connectivity index (χ4v) is 6.04. The van der Waals surface area contributed by atoms with Crippen molar-refractivity contribution in [1.29, 1.82) is 5.26 Å². The molecule has 1 N–H and O–H groups in total. The largest absolute Gasteiger partial charge is 0.461 e. The summed E-state index contributed by atoms with van der Waals surface area (Å²) in [5.74, 6) is 0.421. The Hall–Kier alpha value is -5.09. The van der Waals surface area contributed by atoms with E-state index in [0.29, 0.717) is 42.6 Å². The van der Waals surface area contributed by atoms with Crippen molar-refractivity contribution >= 4 is 29.3 Å². The maximum absolute atomic E-state index is 14.0. The van der Waals surface area contributed by atoms with Gasteiger partial charge in [0.1, 0.15) is 28.8 Å². The number of ether oxygens (including phenoxy) is 3. The first-order chi connectivity index (χ1) is 24.0. The number of alkyl halides is 3. The quantitative estimate of drug-likeness (QED) is 0.117. The number of halogens is 4. The minimum atomic E-state index is -4.91. The molecule has 1 aliphatic heterocycles. The Kier molecular flexibility index (Phi) is 11.6. The number of H-pyrrole nitrogens is 1. The normalized spacial score (nSPS) is 13.4. The van der Waals surface area contributed by atoms with Crippen LogP contribution in [0, 0.1) is 25.2 Å². The van der Waals surface area contributed by atoms with Gasteiger partial charge in [-0.3, -0.25) is 9.69 Å². The first kappa shape index (κ1) is 37.2. The summed E-state index contributed by atoms with van der Waals surface area (Å²) >= 11 is 0. The number of rotatable bonds is 10. The molecule has 3 aromatic carbocycles. The van der Waals surface area contributed by atoms with E-state index in [1.165, 1.54) is 10.6 Å². The van der Waals surface area contributed by atoms with Gasteiger partial charge in [0.2, 0.25) is 0 Å². The molecule has 0 saturated carbocycles. The Morgan fingerprint density at radius 2 is 1.71 bits per heavy atom. The average molecular weight is 721 g/mol. The van der Waals surface area contributed by atoms with Crippen molar-refractivity contribution in [2.75, 3.05) is 39.5 Å². The smallest absolute Gasteiger partial charge is 0.417 e. The van der Waals surface area contributed by atoms with Gasteiger partial charge >= 0.3 is 12.1 Å². The highest BCUT2D eigenvalue weighted by Crippen LogP contribution is 2.35. The lowest BCUT2D eigenvalue weighted by atomic mass is 10.0. The molecule has 5 aromatic rings. The molecule has 6 rings (SSSR count). The van der Waals surface area contributed by atoms with E-state index in [1.807, 2.05) is 32.0 Å². The van der Waals surface area contributed by atoms with Crippen LogP contribution in [0.4, 0.5) is 13.2 Å². The number of aromatic nitrogens is 2. The van der Waals surface area contributed by atoms with Crippen molar-refractivity contribution < 1.29 is 32.2 Å². The molecule has 0 spiro atoms. The Bertz CT molecular complexity index is 2130. The van der Waals surface area contributed by atoms with Gasteiger partial charge in [0.15, 0.2) is 0 Å². The molecular formula is C38H36ClF3N4O5. The van der Waals surface area contributed by atoms with Gasteiger partial charge in [-0.2, -0.15) is 18.4 Å². The van der Waals surface area contributed by atoms with Crippen molar-refractivity contribution in [2.45, 2.75) is 33.0 Å². The highest BCUT2D eigenvalue weighted by Gasteiger charge is 2.36. The summed E-state index contributed by atoms with van der Waals surface area (Å²) in [4.78, 5) is 31.4. The molecule has 0 unspecified atom stereocenters. The van der Waals surface area contributed by atoms with Crippen molar-refractivity contribution in [3.8, 4) is 28.8 Å². The number of nitriles is 1. The average Bonchev–Trinajstić information content (AvgIpc) is 3.52. The van der Waals surface area contributed by atoms with Crippen molar-refractivity contribution in [2.24, 2.45) is 0 Å². The molecule has 0 aliphatic carbocycles. The number of fused-ring (bicyclic) bond motifs is 1. The number of nitrogens with zero attached hydrogens (tertiary/aromatic N) is 3. The molecule has 1 saturated heterocycles. The number of hydrogen-bond acceptors (Lipinski definition) is 7. The Morgan fingerprint density at radius 1 is 0.980 bits per heavy atom. The molecular weight excluding hydrogens is 685 g/mol. The highest BCUT2D eigenvalue weighted by atomic mass is 35.5. The highest BCUT2D eigenvalue weighted by molar-refractivity contribution is 5.95. The number of morpholine rings is 1. The molecule has 0 amide bonds. The maximum Gasteiger partial charge on any atom is 0.417 e. The predicted octanol–water partition coefficient (Wildman–Crippen LogP) is 7.65. The molecule has 1 fully saturated rings. The molecule has 266 valence electrons. The van der Waals surface area contributed by atoms with Crippen LogP contribution in [0.2, 0.25) is 0 Å². The lowest BCUT2D eigenvalue weighted by molar-refractivity contribution is -0.137. The summed E-state index contributed by atoms with van der Waals surface area (Å²) in [7, 11) is 0. The fourth-order valence-electron chi connectivity index (χ4n) is 6.04. The van der Waals surface area contributed by atoms with E-state index in [-0.39, 0.29) is 24.6 Å². The number of nitrogens with one attached hydrogen (secondary N) is 1. The van der Waals surface area contributed by atoms with Gasteiger partial charge < -0.3 is 23.8 Å². The minimum absolute atomic E-state index is 0. The summed E-state index contributed by atoms with van der Waals surface area (Å²) in [5, 5.41) is 10.3. The molecule has 3 heterocycles. The predicted molar refractivity (Wildman–Crippen MR) is 189 cm³/mol. The molecule has 0 atom stereocenters. The van der Waals surface area contributed by atoms with Crippen LogP contribution < -0.4 is 10.3 Å². The maximum atomic E-state index is 14.0. The lowest BCUT2D eigenvalue weighted by Gasteiger charge is -2.26. The van der Waals surface area contributed by atoms with E-state index in [4.69, 9.17) is 14.2 Å². The van der Waals surface area contributed by atoms with Crippen LogP contribution in [-0.4, -0.2) is 59.9 Å². The van der Waals surface area contributed by atoms with E-state index in [1.54, 1.807) is 48.5 Å². The molecule has 51 heavy (non-hydrogen) atoms. The van der Waals surface area contributed by atoms with Crippen LogP contribution in [0.25, 0.3) is 22.2 Å². The zero-order chi connectivity index (χ0) is 35.4. The Morgan fingerprint density at radius 3 is 2.39 bits per heavy atom. The first-order valence-electron chi connectivity index (χ1n) is 16.2. The lowest BCUT2D eigenvalue weighted by Crippen LogP contribution is -2.37. The SMILES string of the molecule is Cc1ccc(Cn2c(-c3ccc(Oc4ccc5[nH]c(C(=O)OCCCN6CCOCC6)cc5c4)cc3)cc(C(F)(F)F)c(C#N)c2=O)c(C)c1.Cl. The van der Waals surface area contributed by atoms with E-state index < -0.39 is 28.8 Å². The Balaban J connectivity index is 0.00000504. The molecule has 2 aromatic heterocycles. The van der Waals surface area contributed by atoms with Gasteiger partial charge in [0.05, 0.1) is 37.6 Å². The third kappa shape index (κ3) is 8.63. The third-order valence-corrected chi connectivity index (χ3v) is 8.70. The van der Waals surface area contributed by atoms with Gasteiger partial charge in [-0.05, 0) is 91.6 Å². The fraction of sp³-hybridized carbons (Fsp3) is 0.289. The van der Waals surface area contributed by atoms with Gasteiger partial charge in [-0.15, -0.1) is 12.4 Å². The second-order valence-electron chi connectivity index (χ2n) is 12.3. The third-order valence-electron chi connectivity index (χ3n) is 8.70. The summed E-state index contributed by atoms with van der Waals surface area (Å²) in [6.07, 6.45) is -4.18. The first-order valence-corrected chi connectivity index (χ1v) is 16.2. The van der Waals surface area contributed by atoms with E-state index in [9.17, 15) is 28.0 Å². The van der Waals surface area contributed by atoms with Crippen molar-refractivity contribution in [3.05, 3.63) is 117 Å². The number of carbonyl (C=O) groups is 1. The number of hydrogen-bond donors (Lipinski definition) is 1. The number of aryl methyl sites for hydroxylation is 2. The number of aromatic amines is 1. The van der Waals surface area contributed by atoms with Crippen LogP contribution in [0.5, 0.6) is 11.5 Å². The zero-order valence-electron chi connectivity index (χ0n) is 28.0.